The molecule has 5 nitrogen and oxygen atoms in total. The average molecular weight is 344 g/mol. The van der Waals surface area contributed by atoms with Crippen molar-refractivity contribution in [1.29, 1.82) is 0 Å². The van der Waals surface area contributed by atoms with Gasteiger partial charge in [-0.25, -0.2) is 9.59 Å². The van der Waals surface area contributed by atoms with Crippen molar-refractivity contribution in [2.24, 2.45) is 5.92 Å². The average Bonchev–Trinajstić information content (AvgIpc) is 2.42. The molecule has 1 aromatic rings. The molecule has 1 atom stereocenters. The standard InChI is InChI=1S/C17H22F2O5/c1-10(2)13(17(18,19)15(21)22)23-12-8-6-11(7-9-12)14(20)24-16(3,4)5/h6-10,13H,1-5H3,(H,21,22). The first-order valence-electron chi connectivity index (χ1n) is 7.46. The number of carbonyl (C=O) groups is 2. The molecule has 1 aromatic carbocycles. The van der Waals surface area contributed by atoms with E-state index in [4.69, 9.17) is 14.6 Å². The summed E-state index contributed by atoms with van der Waals surface area (Å²) in [4.78, 5) is 22.6. The summed E-state index contributed by atoms with van der Waals surface area (Å²) in [5.41, 5.74) is -0.415. The van der Waals surface area contributed by atoms with Crippen molar-refractivity contribution >= 4 is 11.9 Å². The number of benzene rings is 1. The molecule has 0 saturated carbocycles. The largest absolute Gasteiger partial charge is 0.483 e. The lowest BCUT2D eigenvalue weighted by atomic mass is 10.0. The molecule has 1 unspecified atom stereocenters. The summed E-state index contributed by atoms with van der Waals surface area (Å²) in [5.74, 6) is -7.52. The summed E-state index contributed by atoms with van der Waals surface area (Å²) in [5, 5.41) is 8.67. The zero-order chi connectivity index (χ0) is 18.7. The predicted octanol–water partition coefficient (Wildman–Crippen LogP) is 3.77. The lowest BCUT2D eigenvalue weighted by molar-refractivity contribution is -0.183. The van der Waals surface area contributed by atoms with Crippen LogP contribution in [0, 0.1) is 5.92 Å². The Morgan fingerprint density at radius 3 is 1.96 bits per heavy atom. The summed E-state index contributed by atoms with van der Waals surface area (Å²) in [7, 11) is 0. The number of rotatable bonds is 6. The van der Waals surface area contributed by atoms with Crippen LogP contribution in [0.15, 0.2) is 24.3 Å². The van der Waals surface area contributed by atoms with Gasteiger partial charge in [0.15, 0.2) is 6.10 Å². The van der Waals surface area contributed by atoms with Gasteiger partial charge in [-0.15, -0.1) is 0 Å². The van der Waals surface area contributed by atoms with E-state index in [1.165, 1.54) is 38.1 Å². The Hall–Kier alpha value is -2.18. The van der Waals surface area contributed by atoms with Gasteiger partial charge in [0.1, 0.15) is 11.4 Å². The van der Waals surface area contributed by atoms with E-state index in [2.05, 4.69) is 0 Å². The maximum absolute atomic E-state index is 13.7. The number of alkyl halides is 2. The topological polar surface area (TPSA) is 72.8 Å². The van der Waals surface area contributed by atoms with Crippen LogP contribution in [-0.2, 0) is 9.53 Å². The first-order chi connectivity index (χ1) is 10.8. The SMILES string of the molecule is CC(C)C(Oc1ccc(C(=O)OC(C)(C)C)cc1)C(F)(F)C(=O)O. The minimum atomic E-state index is -4.03. The quantitative estimate of drug-likeness (QED) is 0.796. The molecule has 0 radical (unpaired) electrons. The van der Waals surface area contributed by atoms with Crippen LogP contribution in [0.3, 0.4) is 0 Å². The van der Waals surface area contributed by atoms with Crippen LogP contribution in [-0.4, -0.2) is 34.7 Å². The second-order valence-corrected chi connectivity index (χ2v) is 6.74. The van der Waals surface area contributed by atoms with Gasteiger partial charge in [-0.3, -0.25) is 0 Å². The van der Waals surface area contributed by atoms with E-state index in [1.807, 2.05) is 0 Å². The molecule has 0 spiro atoms. The van der Waals surface area contributed by atoms with Crippen molar-refractivity contribution in [2.45, 2.75) is 52.2 Å². The highest BCUT2D eigenvalue weighted by atomic mass is 19.3. The molecule has 0 aromatic heterocycles. The van der Waals surface area contributed by atoms with Gasteiger partial charge in [0.2, 0.25) is 0 Å². The van der Waals surface area contributed by atoms with Crippen LogP contribution < -0.4 is 4.74 Å². The highest BCUT2D eigenvalue weighted by Gasteiger charge is 2.51. The number of aliphatic carboxylic acids is 1. The van der Waals surface area contributed by atoms with E-state index >= 15 is 0 Å². The number of carbonyl (C=O) groups excluding carboxylic acids is 1. The van der Waals surface area contributed by atoms with Crippen molar-refractivity contribution in [3.05, 3.63) is 29.8 Å². The number of esters is 1. The molecule has 0 amide bonds. The minimum Gasteiger partial charge on any atom is -0.483 e. The Morgan fingerprint density at radius 1 is 1.08 bits per heavy atom. The number of hydrogen-bond acceptors (Lipinski definition) is 4. The highest BCUT2D eigenvalue weighted by molar-refractivity contribution is 5.89. The Kier molecular flexibility index (Phi) is 5.92. The van der Waals surface area contributed by atoms with Crippen molar-refractivity contribution in [1.82, 2.24) is 0 Å². The predicted molar refractivity (Wildman–Crippen MR) is 83.4 cm³/mol. The lowest BCUT2D eigenvalue weighted by Gasteiger charge is -2.27. The number of carboxylic acids is 1. The van der Waals surface area contributed by atoms with E-state index in [0.29, 0.717) is 0 Å². The van der Waals surface area contributed by atoms with E-state index in [9.17, 15) is 18.4 Å². The molecule has 0 aliphatic rings. The molecule has 0 heterocycles. The minimum absolute atomic E-state index is 0.0435. The van der Waals surface area contributed by atoms with E-state index in [1.54, 1.807) is 20.8 Å². The third-order valence-electron chi connectivity index (χ3n) is 3.00. The summed E-state index contributed by atoms with van der Waals surface area (Å²) >= 11 is 0. The first kappa shape index (κ1) is 19.9. The number of hydrogen-bond donors (Lipinski definition) is 1. The molecular weight excluding hydrogens is 322 g/mol. The smallest absolute Gasteiger partial charge is 0.378 e. The Labute approximate surface area is 139 Å². The van der Waals surface area contributed by atoms with Gasteiger partial charge in [-0.2, -0.15) is 8.78 Å². The maximum atomic E-state index is 13.7. The lowest BCUT2D eigenvalue weighted by Crippen LogP contribution is -2.48. The number of carboxylic acid groups (broad SMARTS) is 1. The van der Waals surface area contributed by atoms with Crippen LogP contribution in [0.1, 0.15) is 45.0 Å². The number of ether oxygens (including phenoxy) is 2. The van der Waals surface area contributed by atoms with Crippen molar-refractivity contribution in [3.8, 4) is 5.75 Å². The van der Waals surface area contributed by atoms with E-state index in [-0.39, 0.29) is 11.3 Å². The number of halogens is 2. The molecule has 1 rings (SSSR count). The van der Waals surface area contributed by atoms with Crippen molar-refractivity contribution in [2.75, 3.05) is 0 Å². The fourth-order valence-corrected chi connectivity index (χ4v) is 1.90. The zero-order valence-electron chi connectivity index (χ0n) is 14.3. The third kappa shape index (κ3) is 5.18. The van der Waals surface area contributed by atoms with E-state index < -0.39 is 35.5 Å². The van der Waals surface area contributed by atoms with Crippen LogP contribution in [0.2, 0.25) is 0 Å². The molecule has 0 aliphatic carbocycles. The zero-order valence-corrected chi connectivity index (χ0v) is 14.3. The van der Waals surface area contributed by atoms with Crippen LogP contribution >= 0.6 is 0 Å². The second-order valence-electron chi connectivity index (χ2n) is 6.74. The third-order valence-corrected chi connectivity index (χ3v) is 3.00. The van der Waals surface area contributed by atoms with Gasteiger partial charge < -0.3 is 14.6 Å². The molecular formula is C17H22F2O5. The monoisotopic (exact) mass is 344 g/mol. The van der Waals surface area contributed by atoms with Gasteiger partial charge in [0.05, 0.1) is 5.56 Å². The molecule has 0 aliphatic heterocycles. The molecule has 0 saturated heterocycles. The van der Waals surface area contributed by atoms with Gasteiger partial charge in [0.25, 0.3) is 0 Å². The van der Waals surface area contributed by atoms with Gasteiger partial charge >= 0.3 is 17.9 Å². The van der Waals surface area contributed by atoms with Crippen LogP contribution in [0.5, 0.6) is 5.75 Å². The summed E-state index contributed by atoms with van der Waals surface area (Å²) < 4.78 is 37.8. The fourth-order valence-electron chi connectivity index (χ4n) is 1.90. The van der Waals surface area contributed by atoms with Gasteiger partial charge in [-0.05, 0) is 51.0 Å². The normalized spacial score (nSPS) is 13.5. The molecule has 7 heteroatoms. The molecule has 0 bridgehead atoms. The Balaban J connectivity index is 2.92. The maximum Gasteiger partial charge on any atom is 0.378 e. The van der Waals surface area contributed by atoms with Crippen molar-refractivity contribution < 1.29 is 33.0 Å². The molecule has 134 valence electrons. The molecule has 0 fully saturated rings. The van der Waals surface area contributed by atoms with Crippen LogP contribution in [0.4, 0.5) is 8.78 Å². The summed E-state index contributed by atoms with van der Waals surface area (Å²) in [6.45, 7) is 8.06. The van der Waals surface area contributed by atoms with Crippen molar-refractivity contribution in [3.63, 3.8) is 0 Å². The molecule has 1 N–H and O–H groups in total. The fraction of sp³-hybridized carbons (Fsp3) is 0.529. The Morgan fingerprint density at radius 2 is 1.58 bits per heavy atom. The van der Waals surface area contributed by atoms with Gasteiger partial charge in [-0.1, -0.05) is 13.8 Å². The Bertz CT molecular complexity index is 588. The highest BCUT2D eigenvalue weighted by Crippen LogP contribution is 2.29. The first-order valence-corrected chi connectivity index (χ1v) is 7.46. The second kappa shape index (κ2) is 7.15. The van der Waals surface area contributed by atoms with Crippen LogP contribution in [0.25, 0.3) is 0 Å². The van der Waals surface area contributed by atoms with E-state index in [0.717, 1.165) is 0 Å². The molecule has 24 heavy (non-hydrogen) atoms. The summed E-state index contributed by atoms with van der Waals surface area (Å²) in [6.07, 6.45) is -1.83. The summed E-state index contributed by atoms with van der Waals surface area (Å²) in [6, 6.07) is 5.40. The van der Waals surface area contributed by atoms with Gasteiger partial charge in [0, 0.05) is 0 Å².